The summed E-state index contributed by atoms with van der Waals surface area (Å²) >= 11 is 3.25. The third-order valence-corrected chi connectivity index (χ3v) is 4.97. The van der Waals surface area contributed by atoms with Crippen LogP contribution in [0.5, 0.6) is 0 Å². The quantitative estimate of drug-likeness (QED) is 0.698. The first-order valence-electron chi connectivity index (χ1n) is 7.16. The maximum absolute atomic E-state index is 12.1. The summed E-state index contributed by atoms with van der Waals surface area (Å²) in [7, 11) is 1.39. The van der Waals surface area contributed by atoms with E-state index in [-0.39, 0.29) is 6.61 Å². The van der Waals surface area contributed by atoms with Gasteiger partial charge in [-0.25, -0.2) is 9.78 Å². The molecule has 128 valence electrons. The molecule has 1 aromatic carbocycles. The van der Waals surface area contributed by atoms with Gasteiger partial charge in [0.05, 0.1) is 17.3 Å². The van der Waals surface area contributed by atoms with Crippen LogP contribution in [-0.4, -0.2) is 41.7 Å². The first-order valence-corrected chi connectivity index (χ1v) is 9.02. The largest absolute Gasteiger partial charge is 0.480 e. The average Bonchev–Trinajstić information content (AvgIpc) is 2.98. The number of hydrogen-bond acceptors (Lipinski definition) is 6. The van der Waals surface area contributed by atoms with Crippen LogP contribution in [0.15, 0.2) is 34.5 Å². The lowest BCUT2D eigenvalue weighted by Crippen LogP contribution is -2.43. The van der Waals surface area contributed by atoms with Gasteiger partial charge in [-0.3, -0.25) is 4.79 Å². The monoisotopic (exact) mass is 366 g/mol. The fourth-order valence-corrected chi connectivity index (χ4v) is 3.43. The van der Waals surface area contributed by atoms with Gasteiger partial charge in [0.2, 0.25) is 0 Å². The third-order valence-electron chi connectivity index (χ3n) is 3.11. The molecule has 0 saturated heterocycles. The van der Waals surface area contributed by atoms with Crippen molar-refractivity contribution >= 4 is 35.0 Å². The van der Waals surface area contributed by atoms with Crippen molar-refractivity contribution in [2.24, 2.45) is 0 Å². The van der Waals surface area contributed by atoms with E-state index in [9.17, 15) is 9.59 Å². The van der Waals surface area contributed by atoms with Gasteiger partial charge in [-0.05, 0) is 31.2 Å². The molecule has 1 unspecified atom stereocenters. The molecule has 1 amide bonds. The number of nitrogens with zero attached hydrogens (tertiary/aromatic N) is 1. The predicted octanol–water partition coefficient (Wildman–Crippen LogP) is 2.57. The lowest BCUT2D eigenvalue weighted by molar-refractivity contribution is -0.140. The molecule has 8 heteroatoms. The van der Waals surface area contributed by atoms with Crippen LogP contribution in [-0.2, 0) is 15.3 Å². The number of rotatable bonds is 8. The lowest BCUT2D eigenvalue weighted by Gasteiger charge is -2.13. The highest BCUT2D eigenvalue weighted by Gasteiger charge is 2.20. The van der Waals surface area contributed by atoms with Crippen molar-refractivity contribution in [2.45, 2.75) is 23.6 Å². The van der Waals surface area contributed by atoms with Crippen molar-refractivity contribution in [3.63, 3.8) is 0 Å². The minimum atomic E-state index is -1.13. The van der Waals surface area contributed by atoms with Crippen molar-refractivity contribution in [3.8, 4) is 0 Å². The molecule has 0 radical (unpaired) electrons. The zero-order valence-corrected chi connectivity index (χ0v) is 14.9. The van der Waals surface area contributed by atoms with Gasteiger partial charge >= 0.3 is 5.97 Å². The number of carbonyl (C=O) groups is 2. The van der Waals surface area contributed by atoms with Gasteiger partial charge in [0, 0.05) is 28.7 Å². The van der Waals surface area contributed by atoms with E-state index in [0.29, 0.717) is 5.56 Å². The smallest absolute Gasteiger partial charge is 0.328 e. The summed E-state index contributed by atoms with van der Waals surface area (Å²) in [5.74, 6) is -0.799. The van der Waals surface area contributed by atoms with Crippen LogP contribution < -0.4 is 5.32 Å². The van der Waals surface area contributed by atoms with Gasteiger partial charge < -0.3 is 15.2 Å². The number of benzene rings is 1. The Labute approximate surface area is 148 Å². The highest BCUT2D eigenvalue weighted by atomic mass is 32.2. The number of methoxy groups -OCH3 is 1. The van der Waals surface area contributed by atoms with Gasteiger partial charge in [0.25, 0.3) is 5.91 Å². The number of amides is 1. The molecule has 24 heavy (non-hydrogen) atoms. The fourth-order valence-electron chi connectivity index (χ4n) is 1.92. The van der Waals surface area contributed by atoms with E-state index < -0.39 is 17.9 Å². The summed E-state index contributed by atoms with van der Waals surface area (Å²) in [6, 6.07) is 5.96. The molecule has 0 aliphatic heterocycles. The standard InChI is InChI=1S/C16H18N2O4S2/c1-10-17-12(8-23-10)9-24-13-5-3-11(4-6-13)15(19)18-14(7-22-2)16(20)21/h3-6,8,14H,7,9H2,1-2H3,(H,18,19)(H,20,21). The van der Waals surface area contributed by atoms with Crippen LogP contribution in [0, 0.1) is 6.92 Å². The van der Waals surface area contributed by atoms with Crippen LogP contribution in [0.1, 0.15) is 21.1 Å². The Morgan fingerprint density at radius 2 is 2.08 bits per heavy atom. The molecule has 0 spiro atoms. The van der Waals surface area contributed by atoms with Crippen molar-refractivity contribution in [3.05, 3.63) is 45.9 Å². The molecule has 2 N–H and O–H groups in total. The minimum absolute atomic E-state index is 0.0813. The van der Waals surface area contributed by atoms with Gasteiger partial charge in [0.15, 0.2) is 6.04 Å². The number of aliphatic carboxylic acids is 1. The second kappa shape index (κ2) is 8.81. The van der Waals surface area contributed by atoms with Crippen molar-refractivity contribution < 1.29 is 19.4 Å². The summed E-state index contributed by atoms with van der Waals surface area (Å²) in [6.45, 7) is 1.89. The number of aromatic nitrogens is 1. The van der Waals surface area contributed by atoms with Crippen LogP contribution in [0.3, 0.4) is 0 Å². The number of carboxylic acids is 1. The second-order valence-corrected chi connectivity index (χ2v) is 7.10. The maximum atomic E-state index is 12.1. The highest BCUT2D eigenvalue weighted by Crippen LogP contribution is 2.23. The van der Waals surface area contributed by atoms with E-state index in [2.05, 4.69) is 10.3 Å². The Hall–Kier alpha value is -1.90. The number of carboxylic acid groups (broad SMARTS) is 1. The Bertz CT molecular complexity index is 700. The van der Waals surface area contributed by atoms with Gasteiger partial charge in [-0.15, -0.1) is 23.1 Å². The fraction of sp³-hybridized carbons (Fsp3) is 0.312. The normalized spacial score (nSPS) is 11.9. The molecule has 0 aliphatic carbocycles. The SMILES string of the molecule is COCC(NC(=O)c1ccc(SCc2csc(C)n2)cc1)C(=O)O. The zero-order chi connectivity index (χ0) is 17.5. The summed E-state index contributed by atoms with van der Waals surface area (Å²) in [6.07, 6.45) is 0. The molecule has 1 heterocycles. The molecule has 0 fully saturated rings. The van der Waals surface area contributed by atoms with Crippen LogP contribution in [0.2, 0.25) is 0 Å². The number of thioether (sulfide) groups is 1. The molecule has 2 rings (SSSR count). The van der Waals surface area contributed by atoms with Crippen molar-refractivity contribution in [2.75, 3.05) is 13.7 Å². The first kappa shape index (κ1) is 18.4. The summed E-state index contributed by atoms with van der Waals surface area (Å²) in [5.41, 5.74) is 1.44. The number of carbonyl (C=O) groups excluding carboxylic acids is 1. The van der Waals surface area contributed by atoms with Crippen LogP contribution in [0.25, 0.3) is 0 Å². The average molecular weight is 366 g/mol. The number of thiazole rings is 1. The third kappa shape index (κ3) is 5.33. The van der Waals surface area contributed by atoms with E-state index in [4.69, 9.17) is 9.84 Å². The molecule has 0 saturated carbocycles. The summed E-state index contributed by atoms with van der Waals surface area (Å²) in [5, 5.41) is 14.5. The van der Waals surface area contributed by atoms with Gasteiger partial charge in [0.1, 0.15) is 0 Å². The Kier molecular flexibility index (Phi) is 6.77. The Morgan fingerprint density at radius 3 is 2.62 bits per heavy atom. The summed E-state index contributed by atoms with van der Waals surface area (Å²) < 4.78 is 4.79. The molecular formula is C16H18N2O4S2. The predicted molar refractivity (Wildman–Crippen MR) is 93.6 cm³/mol. The maximum Gasteiger partial charge on any atom is 0.328 e. The Morgan fingerprint density at radius 1 is 1.38 bits per heavy atom. The number of nitrogens with one attached hydrogen (secondary N) is 1. The van der Waals surface area contributed by atoms with E-state index in [1.807, 2.05) is 24.4 Å². The molecule has 0 bridgehead atoms. The summed E-state index contributed by atoms with van der Waals surface area (Å²) in [4.78, 5) is 28.5. The van der Waals surface area contributed by atoms with Crippen molar-refractivity contribution in [1.82, 2.24) is 10.3 Å². The lowest BCUT2D eigenvalue weighted by atomic mass is 10.2. The van der Waals surface area contributed by atoms with E-state index >= 15 is 0 Å². The van der Waals surface area contributed by atoms with E-state index in [1.165, 1.54) is 7.11 Å². The topological polar surface area (TPSA) is 88.5 Å². The highest BCUT2D eigenvalue weighted by molar-refractivity contribution is 7.98. The molecule has 0 aliphatic rings. The first-order chi connectivity index (χ1) is 11.5. The molecular weight excluding hydrogens is 348 g/mol. The molecule has 6 nitrogen and oxygen atoms in total. The number of hydrogen-bond donors (Lipinski definition) is 2. The molecule has 1 atom stereocenters. The zero-order valence-electron chi connectivity index (χ0n) is 13.3. The van der Waals surface area contributed by atoms with Crippen LogP contribution in [0.4, 0.5) is 0 Å². The van der Waals surface area contributed by atoms with Crippen LogP contribution >= 0.6 is 23.1 Å². The number of ether oxygens (including phenoxy) is 1. The van der Waals surface area contributed by atoms with E-state index in [1.54, 1.807) is 35.2 Å². The number of aryl methyl sites for hydroxylation is 1. The van der Waals surface area contributed by atoms with Crippen molar-refractivity contribution in [1.29, 1.82) is 0 Å². The molecule has 2 aromatic rings. The van der Waals surface area contributed by atoms with Gasteiger partial charge in [-0.1, -0.05) is 0 Å². The van der Waals surface area contributed by atoms with Gasteiger partial charge in [-0.2, -0.15) is 0 Å². The molecule has 1 aromatic heterocycles. The minimum Gasteiger partial charge on any atom is -0.480 e. The second-order valence-electron chi connectivity index (χ2n) is 4.99. The Balaban J connectivity index is 1.92. The van der Waals surface area contributed by atoms with E-state index in [0.717, 1.165) is 21.3 Å².